The Hall–Kier alpha value is -1.63. The summed E-state index contributed by atoms with van der Waals surface area (Å²) in [6.45, 7) is 2.12. The minimum atomic E-state index is -0.995. The van der Waals surface area contributed by atoms with Gasteiger partial charge in [-0.25, -0.2) is 5.84 Å². The van der Waals surface area contributed by atoms with E-state index in [-0.39, 0.29) is 12.3 Å². The molecule has 6 N–H and O–H groups in total. The van der Waals surface area contributed by atoms with E-state index in [0.29, 0.717) is 6.42 Å². The Bertz CT molecular complexity index is 307. The van der Waals surface area contributed by atoms with Crippen LogP contribution in [0.5, 0.6) is 0 Å². The number of unbranched alkanes of at least 4 members (excludes halogenated alkanes) is 4. The fraction of sp³-hybridized carbons (Fsp3) is 0.750. The highest BCUT2D eigenvalue weighted by atomic mass is 16.2. The van der Waals surface area contributed by atoms with Crippen LogP contribution in [0.25, 0.3) is 0 Å². The molecule has 0 aliphatic rings. The summed E-state index contributed by atoms with van der Waals surface area (Å²) in [5.41, 5.74) is 6.90. The molecule has 0 aromatic heterocycles. The first-order valence-corrected chi connectivity index (χ1v) is 6.59. The lowest BCUT2D eigenvalue weighted by atomic mass is 10.1. The molecular weight excluding hydrogens is 248 g/mol. The van der Waals surface area contributed by atoms with Crippen LogP contribution >= 0.6 is 0 Å². The maximum atomic E-state index is 11.6. The van der Waals surface area contributed by atoms with Crippen LogP contribution in [0.15, 0.2) is 0 Å². The number of hydrogen-bond acceptors (Lipinski definition) is 4. The van der Waals surface area contributed by atoms with Crippen molar-refractivity contribution >= 4 is 17.7 Å². The summed E-state index contributed by atoms with van der Waals surface area (Å²) in [5.74, 6) is 3.41. The normalized spacial score (nSPS) is 11.7. The third-order valence-corrected chi connectivity index (χ3v) is 2.71. The zero-order chi connectivity index (χ0) is 14.7. The average molecular weight is 272 g/mol. The summed E-state index contributed by atoms with van der Waals surface area (Å²) < 4.78 is 0. The van der Waals surface area contributed by atoms with Crippen molar-refractivity contribution in [3.05, 3.63) is 0 Å². The van der Waals surface area contributed by atoms with Crippen molar-refractivity contribution < 1.29 is 14.4 Å². The number of amides is 3. The third-order valence-electron chi connectivity index (χ3n) is 2.71. The second-order valence-corrected chi connectivity index (χ2v) is 4.46. The Labute approximate surface area is 113 Å². The third kappa shape index (κ3) is 9.01. The quantitative estimate of drug-likeness (QED) is 0.188. The number of carbonyl (C=O) groups excluding carboxylic acids is 3. The molecule has 19 heavy (non-hydrogen) atoms. The Morgan fingerprint density at radius 3 is 2.26 bits per heavy atom. The largest absolute Gasteiger partial charge is 0.370 e. The molecule has 0 aromatic carbocycles. The average Bonchev–Trinajstić information content (AvgIpc) is 2.36. The van der Waals surface area contributed by atoms with E-state index >= 15 is 0 Å². The highest BCUT2D eigenvalue weighted by molar-refractivity contribution is 5.91. The van der Waals surface area contributed by atoms with Crippen molar-refractivity contribution in [1.29, 1.82) is 0 Å². The lowest BCUT2D eigenvalue weighted by Crippen LogP contribution is -2.50. The molecule has 1 atom stereocenters. The van der Waals surface area contributed by atoms with E-state index in [1.54, 1.807) is 0 Å². The second-order valence-electron chi connectivity index (χ2n) is 4.46. The van der Waals surface area contributed by atoms with Crippen molar-refractivity contribution in [2.24, 2.45) is 11.6 Å². The van der Waals surface area contributed by atoms with Gasteiger partial charge in [-0.15, -0.1) is 0 Å². The van der Waals surface area contributed by atoms with Gasteiger partial charge in [0.1, 0.15) is 6.04 Å². The second kappa shape index (κ2) is 10.3. The smallest absolute Gasteiger partial charge is 0.256 e. The van der Waals surface area contributed by atoms with Crippen LogP contribution in [-0.4, -0.2) is 23.8 Å². The molecule has 0 fully saturated rings. The van der Waals surface area contributed by atoms with Gasteiger partial charge in [0, 0.05) is 6.42 Å². The first-order chi connectivity index (χ1) is 9.01. The molecule has 0 saturated heterocycles. The minimum Gasteiger partial charge on any atom is -0.370 e. The van der Waals surface area contributed by atoms with Crippen molar-refractivity contribution in [1.82, 2.24) is 10.7 Å². The van der Waals surface area contributed by atoms with Crippen LogP contribution in [0.3, 0.4) is 0 Å². The van der Waals surface area contributed by atoms with E-state index in [9.17, 15) is 14.4 Å². The highest BCUT2D eigenvalue weighted by Gasteiger charge is 2.21. The molecule has 0 spiro atoms. The molecule has 0 rings (SSSR count). The number of rotatable bonds is 10. The molecule has 0 bridgehead atoms. The van der Waals surface area contributed by atoms with Crippen molar-refractivity contribution in [2.75, 3.05) is 0 Å². The van der Waals surface area contributed by atoms with Crippen LogP contribution < -0.4 is 22.3 Å². The first-order valence-electron chi connectivity index (χ1n) is 6.59. The van der Waals surface area contributed by atoms with Gasteiger partial charge in [-0.05, 0) is 6.42 Å². The monoisotopic (exact) mass is 272 g/mol. The number of nitrogens with two attached hydrogens (primary N) is 2. The number of hydrazine groups is 1. The molecule has 110 valence electrons. The Morgan fingerprint density at radius 1 is 1.11 bits per heavy atom. The van der Waals surface area contributed by atoms with Crippen LogP contribution in [0, 0.1) is 0 Å². The molecule has 7 heteroatoms. The van der Waals surface area contributed by atoms with Crippen LogP contribution in [-0.2, 0) is 14.4 Å². The fourth-order valence-corrected chi connectivity index (χ4v) is 1.67. The molecule has 0 saturated carbocycles. The summed E-state index contributed by atoms with van der Waals surface area (Å²) >= 11 is 0. The first kappa shape index (κ1) is 17.4. The molecule has 0 aromatic rings. The predicted molar refractivity (Wildman–Crippen MR) is 71.4 cm³/mol. The summed E-state index contributed by atoms with van der Waals surface area (Å²) in [6.07, 6.45) is 5.20. The fourth-order valence-electron chi connectivity index (χ4n) is 1.67. The molecule has 0 aliphatic carbocycles. The van der Waals surface area contributed by atoms with Gasteiger partial charge in [0.05, 0.1) is 6.42 Å². The van der Waals surface area contributed by atoms with Crippen molar-refractivity contribution in [3.63, 3.8) is 0 Å². The van der Waals surface area contributed by atoms with Crippen LogP contribution in [0.4, 0.5) is 0 Å². The van der Waals surface area contributed by atoms with E-state index in [1.165, 1.54) is 0 Å². The van der Waals surface area contributed by atoms with E-state index in [2.05, 4.69) is 12.2 Å². The van der Waals surface area contributed by atoms with Gasteiger partial charge in [-0.2, -0.15) is 0 Å². The number of hydrogen-bond donors (Lipinski definition) is 4. The number of nitrogens with one attached hydrogen (secondary N) is 2. The van der Waals surface area contributed by atoms with Gasteiger partial charge < -0.3 is 11.1 Å². The molecule has 3 amide bonds. The van der Waals surface area contributed by atoms with Gasteiger partial charge in [0.15, 0.2) is 0 Å². The van der Waals surface area contributed by atoms with Crippen molar-refractivity contribution in [3.8, 4) is 0 Å². The maximum Gasteiger partial charge on any atom is 0.256 e. The summed E-state index contributed by atoms with van der Waals surface area (Å²) in [6, 6.07) is -0.995. The van der Waals surface area contributed by atoms with Gasteiger partial charge in [0.25, 0.3) is 5.91 Å². The molecule has 0 radical (unpaired) electrons. The van der Waals surface area contributed by atoms with Gasteiger partial charge >= 0.3 is 0 Å². The molecule has 0 heterocycles. The molecular formula is C12H24N4O3. The molecule has 0 aliphatic heterocycles. The predicted octanol–water partition coefficient (Wildman–Crippen LogP) is -0.303. The molecule has 0 unspecified atom stereocenters. The summed E-state index contributed by atoms with van der Waals surface area (Å²) in [7, 11) is 0. The van der Waals surface area contributed by atoms with E-state index in [1.807, 2.05) is 5.43 Å². The van der Waals surface area contributed by atoms with Crippen LogP contribution in [0.2, 0.25) is 0 Å². The highest BCUT2D eigenvalue weighted by Crippen LogP contribution is 2.05. The van der Waals surface area contributed by atoms with E-state index < -0.39 is 17.9 Å². The maximum absolute atomic E-state index is 11.6. The Kier molecular flexibility index (Phi) is 9.42. The summed E-state index contributed by atoms with van der Waals surface area (Å²) in [5, 5.41) is 2.46. The van der Waals surface area contributed by atoms with Gasteiger partial charge in [-0.1, -0.05) is 32.6 Å². The lowest BCUT2D eigenvalue weighted by Gasteiger charge is -2.15. The number of carbonyl (C=O) groups is 3. The minimum absolute atomic E-state index is 0.259. The zero-order valence-corrected chi connectivity index (χ0v) is 11.4. The Morgan fingerprint density at radius 2 is 1.74 bits per heavy atom. The summed E-state index contributed by atoms with van der Waals surface area (Å²) in [4.78, 5) is 33.7. The Balaban J connectivity index is 4.02. The standard InChI is InChI=1S/C12H24N4O3/c1-2-3-4-5-6-7-11(18)15-9(8-10(13)17)12(19)16-14/h9H,2-8,14H2,1H3,(H2,13,17)(H,15,18)(H,16,19)/t9-/m1/s1. The molecule has 7 nitrogen and oxygen atoms in total. The SMILES string of the molecule is CCCCCCCC(=O)N[C@H](CC(N)=O)C(=O)NN. The van der Waals surface area contributed by atoms with E-state index in [0.717, 1.165) is 32.1 Å². The van der Waals surface area contributed by atoms with Crippen LogP contribution in [0.1, 0.15) is 51.9 Å². The zero-order valence-electron chi connectivity index (χ0n) is 11.4. The van der Waals surface area contributed by atoms with E-state index in [4.69, 9.17) is 11.6 Å². The van der Waals surface area contributed by atoms with Gasteiger partial charge in [-0.3, -0.25) is 19.8 Å². The van der Waals surface area contributed by atoms with Crippen molar-refractivity contribution in [2.45, 2.75) is 57.9 Å². The lowest BCUT2D eigenvalue weighted by molar-refractivity contribution is -0.131. The van der Waals surface area contributed by atoms with Gasteiger partial charge in [0.2, 0.25) is 11.8 Å². The topological polar surface area (TPSA) is 127 Å². The number of primary amides is 1.